The Bertz CT molecular complexity index is 513. The highest BCUT2D eigenvalue weighted by molar-refractivity contribution is 5.64. The van der Waals surface area contributed by atoms with Crippen LogP contribution in [-0.4, -0.2) is 0 Å². The molecule has 0 aromatic heterocycles. The lowest BCUT2D eigenvalue weighted by Crippen LogP contribution is -1.99. The molecule has 0 heteroatoms. The van der Waals surface area contributed by atoms with E-state index in [1.165, 1.54) is 22.3 Å². The van der Waals surface area contributed by atoms with Crippen LogP contribution in [0.5, 0.6) is 0 Å². The Balaban J connectivity index is 0.00000162. The van der Waals surface area contributed by atoms with E-state index in [1.54, 1.807) is 0 Å². The first kappa shape index (κ1) is 17.2. The first-order valence-corrected chi connectivity index (χ1v) is 6.04. The fourth-order valence-corrected chi connectivity index (χ4v) is 2.36. The van der Waals surface area contributed by atoms with Crippen molar-refractivity contribution in [1.29, 1.82) is 0 Å². The van der Waals surface area contributed by atoms with Gasteiger partial charge in [-0.2, -0.15) is 0 Å². The second kappa shape index (κ2) is 7.58. The average molecular weight is 254 g/mol. The summed E-state index contributed by atoms with van der Waals surface area (Å²) in [6, 6.07) is 8.57. The van der Waals surface area contributed by atoms with E-state index in [1.807, 2.05) is 6.08 Å². The van der Waals surface area contributed by atoms with Crippen molar-refractivity contribution in [3.05, 3.63) is 77.4 Å². The van der Waals surface area contributed by atoms with Gasteiger partial charge in [-0.05, 0) is 29.2 Å². The van der Waals surface area contributed by atoms with Crippen LogP contribution in [-0.2, 0) is 0 Å². The van der Waals surface area contributed by atoms with Crippen molar-refractivity contribution < 1.29 is 0 Å². The molecule has 102 valence electrons. The number of allylic oxidation sites excluding steroid dienone is 6. The van der Waals surface area contributed by atoms with Crippen LogP contribution in [0, 0.1) is 0 Å². The monoisotopic (exact) mass is 254 g/mol. The summed E-state index contributed by atoms with van der Waals surface area (Å²) in [5.74, 6) is 0.408. The van der Waals surface area contributed by atoms with Crippen molar-refractivity contribution in [2.45, 2.75) is 34.6 Å². The van der Waals surface area contributed by atoms with E-state index in [0.29, 0.717) is 5.92 Å². The smallest absolute Gasteiger partial charge is 0.00727 e. The lowest BCUT2D eigenvalue weighted by molar-refractivity contribution is 0.915. The van der Waals surface area contributed by atoms with Crippen LogP contribution in [0.4, 0.5) is 0 Å². The minimum absolute atomic E-state index is 0. The van der Waals surface area contributed by atoms with Crippen LogP contribution >= 0.6 is 0 Å². The molecule has 0 spiro atoms. The highest BCUT2D eigenvalue weighted by Crippen LogP contribution is 2.34. The fraction of sp³-hybridized carbons (Fsp3) is 0.263. The van der Waals surface area contributed by atoms with Crippen molar-refractivity contribution in [2.24, 2.45) is 0 Å². The van der Waals surface area contributed by atoms with E-state index in [4.69, 9.17) is 0 Å². The Hall–Kier alpha value is -1.82. The van der Waals surface area contributed by atoms with Crippen LogP contribution in [0.25, 0.3) is 6.08 Å². The van der Waals surface area contributed by atoms with Crippen molar-refractivity contribution >= 4 is 6.08 Å². The number of fused-ring (bicyclic) bond motifs is 1. The van der Waals surface area contributed by atoms with E-state index >= 15 is 0 Å². The van der Waals surface area contributed by atoms with Gasteiger partial charge in [-0.3, -0.25) is 0 Å². The molecule has 0 bridgehead atoms. The number of hydrogen-bond acceptors (Lipinski definition) is 0. The molecule has 1 atom stereocenters. The van der Waals surface area contributed by atoms with E-state index in [-0.39, 0.29) is 14.9 Å². The summed E-state index contributed by atoms with van der Waals surface area (Å²) in [5, 5.41) is 0. The lowest BCUT2D eigenvalue weighted by atomic mass is 9.88. The summed E-state index contributed by atoms with van der Waals surface area (Å²) in [7, 11) is 0. The highest BCUT2D eigenvalue weighted by Gasteiger charge is 2.16. The molecule has 0 nitrogen and oxygen atoms in total. The zero-order chi connectivity index (χ0) is 12.3. The van der Waals surface area contributed by atoms with Gasteiger partial charge in [0.1, 0.15) is 0 Å². The SMILES string of the molecule is C.C.C=CC1=C(/C=C\C)C(C)c2ccccc2C=C1. The van der Waals surface area contributed by atoms with Gasteiger partial charge < -0.3 is 0 Å². The first-order chi connectivity index (χ1) is 8.27. The van der Waals surface area contributed by atoms with Gasteiger partial charge in [0.25, 0.3) is 0 Å². The summed E-state index contributed by atoms with van der Waals surface area (Å²) in [6.07, 6.45) is 10.6. The predicted octanol–water partition coefficient (Wildman–Crippen LogP) is 6.15. The predicted molar refractivity (Wildman–Crippen MR) is 89.4 cm³/mol. The number of hydrogen-bond donors (Lipinski definition) is 0. The van der Waals surface area contributed by atoms with Gasteiger partial charge in [0, 0.05) is 5.92 Å². The van der Waals surface area contributed by atoms with Gasteiger partial charge in [-0.1, -0.05) is 83.0 Å². The molecule has 0 fully saturated rings. The van der Waals surface area contributed by atoms with Crippen molar-refractivity contribution in [3.8, 4) is 0 Å². The van der Waals surface area contributed by atoms with Gasteiger partial charge in [0.05, 0.1) is 0 Å². The minimum atomic E-state index is 0. The molecule has 1 unspecified atom stereocenters. The Labute approximate surface area is 118 Å². The Morgan fingerprint density at radius 2 is 1.79 bits per heavy atom. The lowest BCUT2D eigenvalue weighted by Gasteiger charge is -2.16. The van der Waals surface area contributed by atoms with Crippen LogP contribution < -0.4 is 0 Å². The van der Waals surface area contributed by atoms with Gasteiger partial charge in [0.15, 0.2) is 0 Å². The second-order valence-corrected chi connectivity index (χ2v) is 4.30. The number of rotatable bonds is 2. The maximum Gasteiger partial charge on any atom is 0.00727 e. The molecule has 0 heterocycles. The Kier molecular flexibility index (Phi) is 6.85. The second-order valence-electron chi connectivity index (χ2n) is 4.30. The van der Waals surface area contributed by atoms with E-state index in [9.17, 15) is 0 Å². The summed E-state index contributed by atoms with van der Waals surface area (Å²) < 4.78 is 0. The van der Waals surface area contributed by atoms with Crippen LogP contribution in [0.15, 0.2) is 66.3 Å². The van der Waals surface area contributed by atoms with Gasteiger partial charge >= 0.3 is 0 Å². The van der Waals surface area contributed by atoms with Crippen LogP contribution in [0.3, 0.4) is 0 Å². The molecule has 0 N–H and O–H groups in total. The molecule has 0 aliphatic heterocycles. The van der Waals surface area contributed by atoms with Gasteiger partial charge in [-0.15, -0.1) is 0 Å². The summed E-state index contributed by atoms with van der Waals surface area (Å²) in [5.41, 5.74) is 5.24. The standard InChI is InChI=1S/C17H18.2CH4/c1-4-8-16-13(3)17-10-7-6-9-15(17)12-11-14(16)5-2;;/h4-13H,2H2,1,3H3;2*1H4/b8-4-;;. The molecule has 19 heavy (non-hydrogen) atoms. The zero-order valence-corrected chi connectivity index (χ0v) is 10.5. The molecular formula is C19H26. The molecule has 0 saturated carbocycles. The number of benzene rings is 1. The van der Waals surface area contributed by atoms with E-state index in [0.717, 1.165) is 0 Å². The topological polar surface area (TPSA) is 0 Å². The molecule has 0 amide bonds. The highest BCUT2D eigenvalue weighted by atomic mass is 14.2. The summed E-state index contributed by atoms with van der Waals surface area (Å²) in [4.78, 5) is 0. The molecule has 1 aliphatic rings. The zero-order valence-electron chi connectivity index (χ0n) is 10.5. The molecule has 0 saturated heterocycles. The van der Waals surface area contributed by atoms with Crippen molar-refractivity contribution in [1.82, 2.24) is 0 Å². The molecule has 0 radical (unpaired) electrons. The van der Waals surface area contributed by atoms with Crippen molar-refractivity contribution in [3.63, 3.8) is 0 Å². The largest absolute Gasteiger partial charge is 0.0985 e. The third-order valence-electron chi connectivity index (χ3n) is 3.27. The maximum absolute atomic E-state index is 3.91. The Morgan fingerprint density at radius 1 is 1.11 bits per heavy atom. The Morgan fingerprint density at radius 3 is 2.42 bits per heavy atom. The normalized spacial score (nSPS) is 17.3. The third-order valence-corrected chi connectivity index (χ3v) is 3.27. The minimum Gasteiger partial charge on any atom is -0.0985 e. The van der Waals surface area contributed by atoms with E-state index < -0.39 is 0 Å². The molecule has 2 rings (SSSR count). The molecule has 1 aromatic rings. The molecule has 1 aliphatic carbocycles. The quantitative estimate of drug-likeness (QED) is 0.594. The van der Waals surface area contributed by atoms with Gasteiger partial charge in [0.2, 0.25) is 0 Å². The summed E-state index contributed by atoms with van der Waals surface area (Å²) >= 11 is 0. The van der Waals surface area contributed by atoms with E-state index in [2.05, 4.69) is 69.0 Å². The van der Waals surface area contributed by atoms with Crippen LogP contribution in [0.1, 0.15) is 45.7 Å². The first-order valence-electron chi connectivity index (χ1n) is 6.04. The summed E-state index contributed by atoms with van der Waals surface area (Å²) in [6.45, 7) is 8.22. The van der Waals surface area contributed by atoms with Gasteiger partial charge in [-0.25, -0.2) is 0 Å². The van der Waals surface area contributed by atoms with Crippen molar-refractivity contribution in [2.75, 3.05) is 0 Å². The maximum atomic E-state index is 3.91. The average Bonchev–Trinajstić information content (AvgIpc) is 2.49. The molecular weight excluding hydrogens is 228 g/mol. The third kappa shape index (κ3) is 3.35. The molecule has 1 aromatic carbocycles. The van der Waals surface area contributed by atoms with Crippen LogP contribution in [0.2, 0.25) is 0 Å². The fourth-order valence-electron chi connectivity index (χ4n) is 2.36.